The molecule has 110 valence electrons. The smallest absolute Gasteiger partial charge is 0.236 e. The van der Waals surface area contributed by atoms with E-state index in [1.807, 2.05) is 0 Å². The summed E-state index contributed by atoms with van der Waals surface area (Å²) in [6.45, 7) is 0. The molecule has 2 aromatic carbocycles. The molecule has 0 bridgehead atoms. The van der Waals surface area contributed by atoms with E-state index in [2.05, 4.69) is 20.7 Å². The number of rotatable bonds is 5. The van der Waals surface area contributed by atoms with Crippen molar-refractivity contribution >= 4 is 48.8 Å². The quantitative estimate of drug-likeness (QED) is 0.777. The van der Waals surface area contributed by atoms with E-state index in [0.29, 0.717) is 16.8 Å². The predicted molar refractivity (Wildman–Crippen MR) is 92.7 cm³/mol. The predicted octanol–water partition coefficient (Wildman–Crippen LogP) is 3.03. The minimum Gasteiger partial charge on any atom is -0.389 e. The Morgan fingerprint density at radius 1 is 1.14 bits per heavy atom. The van der Waals surface area contributed by atoms with Gasteiger partial charge in [-0.05, 0) is 29.8 Å². The second-order valence-corrected chi connectivity index (χ2v) is 7.47. The molecule has 0 atom stereocenters. The average Bonchev–Trinajstić information content (AvgIpc) is 2.41. The van der Waals surface area contributed by atoms with Gasteiger partial charge in [-0.15, -0.1) is 0 Å². The van der Waals surface area contributed by atoms with Crippen LogP contribution in [-0.2, 0) is 15.8 Å². The summed E-state index contributed by atoms with van der Waals surface area (Å²) in [5, 5.41) is 0. The maximum atomic E-state index is 12.2. The fourth-order valence-electron chi connectivity index (χ4n) is 1.82. The van der Waals surface area contributed by atoms with Crippen LogP contribution in [0.5, 0.6) is 0 Å². The number of sulfonamides is 1. The first-order valence-electron chi connectivity index (χ1n) is 6.01. The highest BCUT2D eigenvalue weighted by Crippen LogP contribution is 2.18. The average molecular weight is 385 g/mol. The Balaban J connectivity index is 2.22. The van der Waals surface area contributed by atoms with Gasteiger partial charge in [-0.2, -0.15) is 0 Å². The van der Waals surface area contributed by atoms with Crippen LogP contribution in [0.15, 0.2) is 53.0 Å². The molecule has 0 aliphatic carbocycles. The maximum absolute atomic E-state index is 12.2. The number of nitrogens with two attached hydrogens (primary N) is 1. The third kappa shape index (κ3) is 4.52. The van der Waals surface area contributed by atoms with E-state index in [9.17, 15) is 8.42 Å². The van der Waals surface area contributed by atoms with Gasteiger partial charge >= 0.3 is 0 Å². The molecule has 21 heavy (non-hydrogen) atoms. The van der Waals surface area contributed by atoms with Gasteiger partial charge in [0.25, 0.3) is 0 Å². The zero-order chi connectivity index (χ0) is 15.5. The Labute approximate surface area is 137 Å². The lowest BCUT2D eigenvalue weighted by atomic mass is 10.1. The summed E-state index contributed by atoms with van der Waals surface area (Å²) in [5.41, 5.74) is 7.28. The maximum Gasteiger partial charge on any atom is 0.236 e. The molecule has 0 aliphatic rings. The van der Waals surface area contributed by atoms with E-state index in [4.69, 9.17) is 18.0 Å². The van der Waals surface area contributed by atoms with Crippen LogP contribution in [0.25, 0.3) is 0 Å². The number of halogens is 1. The topological polar surface area (TPSA) is 72.2 Å². The molecule has 0 saturated heterocycles. The number of hydrogen-bond donors (Lipinski definition) is 2. The van der Waals surface area contributed by atoms with Gasteiger partial charge in [0.05, 0.1) is 5.75 Å². The van der Waals surface area contributed by atoms with Crippen LogP contribution in [0.1, 0.15) is 11.1 Å². The summed E-state index contributed by atoms with van der Waals surface area (Å²) >= 11 is 8.24. The van der Waals surface area contributed by atoms with Crippen LogP contribution in [0.3, 0.4) is 0 Å². The number of benzene rings is 2. The van der Waals surface area contributed by atoms with Crippen LogP contribution in [-0.4, -0.2) is 13.4 Å². The van der Waals surface area contributed by atoms with Gasteiger partial charge in [0.15, 0.2) is 0 Å². The largest absolute Gasteiger partial charge is 0.389 e. The molecule has 0 aliphatic heterocycles. The Morgan fingerprint density at radius 2 is 1.76 bits per heavy atom. The summed E-state index contributed by atoms with van der Waals surface area (Å²) in [6, 6.07) is 13.8. The van der Waals surface area contributed by atoms with E-state index in [1.165, 1.54) is 0 Å². The molecule has 4 nitrogen and oxygen atoms in total. The van der Waals surface area contributed by atoms with Gasteiger partial charge in [0.2, 0.25) is 10.0 Å². The zero-order valence-corrected chi connectivity index (χ0v) is 14.1. The van der Waals surface area contributed by atoms with Gasteiger partial charge in [-0.25, -0.2) is 8.42 Å². The SMILES string of the molecule is NC(=S)c1ccccc1CS(=O)(=O)Nc1ccc(Br)cc1. The molecule has 0 amide bonds. The van der Waals surface area contributed by atoms with Crippen molar-refractivity contribution in [2.75, 3.05) is 4.72 Å². The minimum absolute atomic E-state index is 0.184. The van der Waals surface area contributed by atoms with Crippen molar-refractivity contribution in [1.82, 2.24) is 0 Å². The van der Waals surface area contributed by atoms with E-state index in [1.54, 1.807) is 48.5 Å². The normalized spacial score (nSPS) is 11.1. The summed E-state index contributed by atoms with van der Waals surface area (Å²) < 4.78 is 27.9. The van der Waals surface area contributed by atoms with Gasteiger partial charge in [0, 0.05) is 15.7 Å². The molecule has 0 fully saturated rings. The minimum atomic E-state index is -3.54. The van der Waals surface area contributed by atoms with Crippen molar-refractivity contribution in [1.29, 1.82) is 0 Å². The molecule has 0 spiro atoms. The Kier molecular flexibility index (Phi) is 4.97. The van der Waals surface area contributed by atoms with Gasteiger partial charge in [0.1, 0.15) is 4.99 Å². The van der Waals surface area contributed by atoms with Crippen molar-refractivity contribution in [3.63, 3.8) is 0 Å². The third-order valence-corrected chi connectivity index (χ3v) is 4.73. The Morgan fingerprint density at radius 3 is 2.38 bits per heavy atom. The van der Waals surface area contributed by atoms with Crippen molar-refractivity contribution < 1.29 is 8.42 Å². The number of hydrogen-bond acceptors (Lipinski definition) is 3. The van der Waals surface area contributed by atoms with Crippen LogP contribution in [0.2, 0.25) is 0 Å². The lowest BCUT2D eigenvalue weighted by Crippen LogP contribution is -2.18. The van der Waals surface area contributed by atoms with Gasteiger partial charge < -0.3 is 5.73 Å². The second kappa shape index (κ2) is 6.55. The van der Waals surface area contributed by atoms with E-state index >= 15 is 0 Å². The molecule has 2 rings (SSSR count). The van der Waals surface area contributed by atoms with Crippen molar-refractivity contribution in [3.8, 4) is 0 Å². The summed E-state index contributed by atoms with van der Waals surface area (Å²) in [6.07, 6.45) is 0. The fourth-order valence-corrected chi connectivity index (χ4v) is 3.52. The second-order valence-electron chi connectivity index (χ2n) is 4.39. The molecule has 0 saturated carbocycles. The summed E-state index contributed by atoms with van der Waals surface area (Å²) in [5.74, 6) is -0.184. The molecule has 0 radical (unpaired) electrons. The highest BCUT2D eigenvalue weighted by molar-refractivity contribution is 9.10. The third-order valence-electron chi connectivity index (χ3n) is 2.75. The van der Waals surface area contributed by atoms with Crippen LogP contribution in [0, 0.1) is 0 Å². The van der Waals surface area contributed by atoms with Gasteiger partial charge in [-0.3, -0.25) is 4.72 Å². The van der Waals surface area contributed by atoms with Crippen LogP contribution < -0.4 is 10.5 Å². The Hall–Kier alpha value is -1.44. The molecule has 0 unspecified atom stereocenters. The Bertz CT molecular complexity index is 759. The van der Waals surface area contributed by atoms with Crippen molar-refractivity contribution in [2.45, 2.75) is 5.75 Å². The number of nitrogens with one attached hydrogen (secondary N) is 1. The molecule has 0 heterocycles. The van der Waals surface area contributed by atoms with Crippen LogP contribution >= 0.6 is 28.1 Å². The first kappa shape index (κ1) is 15.9. The van der Waals surface area contributed by atoms with E-state index in [0.717, 1.165) is 4.47 Å². The van der Waals surface area contributed by atoms with Crippen molar-refractivity contribution in [2.24, 2.45) is 5.73 Å². The van der Waals surface area contributed by atoms with E-state index in [-0.39, 0.29) is 10.7 Å². The zero-order valence-electron chi connectivity index (χ0n) is 10.9. The molecular weight excluding hydrogens is 372 g/mol. The first-order valence-corrected chi connectivity index (χ1v) is 8.86. The van der Waals surface area contributed by atoms with E-state index < -0.39 is 10.0 Å². The van der Waals surface area contributed by atoms with Gasteiger partial charge in [-0.1, -0.05) is 52.4 Å². The number of anilines is 1. The molecule has 7 heteroatoms. The lowest BCUT2D eigenvalue weighted by molar-refractivity contribution is 0.600. The summed E-state index contributed by atoms with van der Waals surface area (Å²) in [4.78, 5) is 0.185. The van der Waals surface area contributed by atoms with Crippen LogP contribution in [0.4, 0.5) is 5.69 Å². The highest BCUT2D eigenvalue weighted by atomic mass is 79.9. The molecule has 0 aromatic heterocycles. The lowest BCUT2D eigenvalue weighted by Gasteiger charge is -2.11. The molecular formula is C14H13BrN2O2S2. The summed E-state index contributed by atoms with van der Waals surface area (Å²) in [7, 11) is -3.54. The molecule has 3 N–H and O–H groups in total. The fraction of sp³-hybridized carbons (Fsp3) is 0.0714. The monoisotopic (exact) mass is 384 g/mol. The first-order chi connectivity index (χ1) is 9.87. The standard InChI is InChI=1S/C14H13BrN2O2S2/c15-11-5-7-12(8-6-11)17-21(18,19)9-10-3-1-2-4-13(10)14(16)20/h1-8,17H,9H2,(H2,16,20). The molecule has 2 aromatic rings. The highest BCUT2D eigenvalue weighted by Gasteiger charge is 2.15. The van der Waals surface area contributed by atoms with Crippen molar-refractivity contribution in [3.05, 3.63) is 64.1 Å². The number of thiocarbonyl (C=S) groups is 1.